The van der Waals surface area contributed by atoms with Crippen LogP contribution in [0.1, 0.15) is 13.8 Å². The summed E-state index contributed by atoms with van der Waals surface area (Å²) in [6.45, 7) is 3.93. The van der Waals surface area contributed by atoms with Gasteiger partial charge in [-0.1, -0.05) is 0 Å². The molecule has 1 saturated heterocycles. The number of rotatable bonds is 3. The van der Waals surface area contributed by atoms with Crippen molar-refractivity contribution in [1.29, 1.82) is 0 Å². The third kappa shape index (κ3) is 4.11. The fourth-order valence-corrected chi connectivity index (χ4v) is 3.88. The van der Waals surface area contributed by atoms with Gasteiger partial charge in [-0.25, -0.2) is 8.42 Å². The van der Waals surface area contributed by atoms with Crippen molar-refractivity contribution in [2.45, 2.75) is 37.3 Å². The SMILES string of the molecule is C[C@@H]1CN(S(=O)(=O)c2ccc(OC(F)(F)F)cc2)C[C@H](C)O1. The van der Waals surface area contributed by atoms with Gasteiger partial charge in [0.1, 0.15) is 5.75 Å². The molecule has 0 aliphatic carbocycles. The first-order valence-electron chi connectivity index (χ1n) is 6.59. The minimum absolute atomic E-state index is 0.0803. The molecule has 0 N–H and O–H groups in total. The first-order chi connectivity index (χ1) is 10.1. The topological polar surface area (TPSA) is 55.8 Å². The van der Waals surface area contributed by atoms with Gasteiger partial charge in [0, 0.05) is 13.1 Å². The maximum atomic E-state index is 12.5. The smallest absolute Gasteiger partial charge is 0.406 e. The molecule has 0 aromatic heterocycles. The van der Waals surface area contributed by atoms with Gasteiger partial charge in [0.2, 0.25) is 10.0 Å². The lowest BCUT2D eigenvalue weighted by Gasteiger charge is -2.34. The third-order valence-corrected chi connectivity index (χ3v) is 4.93. The minimum atomic E-state index is -4.81. The van der Waals surface area contributed by atoms with Gasteiger partial charge in [-0.15, -0.1) is 13.2 Å². The number of benzene rings is 1. The van der Waals surface area contributed by atoms with Crippen LogP contribution in [-0.4, -0.2) is 44.4 Å². The van der Waals surface area contributed by atoms with Crippen molar-refractivity contribution >= 4 is 10.0 Å². The number of nitrogens with zero attached hydrogens (tertiary/aromatic N) is 1. The Morgan fingerprint density at radius 1 is 1.14 bits per heavy atom. The van der Waals surface area contributed by atoms with Gasteiger partial charge in [0.05, 0.1) is 17.1 Å². The van der Waals surface area contributed by atoms with E-state index in [-0.39, 0.29) is 30.2 Å². The Morgan fingerprint density at radius 2 is 1.64 bits per heavy atom. The van der Waals surface area contributed by atoms with Crippen molar-refractivity contribution in [3.63, 3.8) is 0 Å². The Kier molecular flexibility index (Phi) is 4.69. The van der Waals surface area contributed by atoms with Gasteiger partial charge < -0.3 is 9.47 Å². The fourth-order valence-electron chi connectivity index (χ4n) is 2.29. The van der Waals surface area contributed by atoms with E-state index >= 15 is 0 Å². The van der Waals surface area contributed by atoms with E-state index in [0.717, 1.165) is 24.3 Å². The van der Waals surface area contributed by atoms with Gasteiger partial charge in [0.15, 0.2) is 0 Å². The molecule has 1 fully saturated rings. The van der Waals surface area contributed by atoms with Crippen LogP contribution in [-0.2, 0) is 14.8 Å². The molecule has 0 saturated carbocycles. The summed E-state index contributed by atoms with van der Waals surface area (Å²) >= 11 is 0. The van der Waals surface area contributed by atoms with E-state index in [9.17, 15) is 21.6 Å². The van der Waals surface area contributed by atoms with Crippen molar-refractivity contribution in [2.24, 2.45) is 0 Å². The number of alkyl halides is 3. The van der Waals surface area contributed by atoms with Gasteiger partial charge in [0.25, 0.3) is 0 Å². The standard InChI is InChI=1S/C13H16F3NO4S/c1-9-7-17(8-10(2)20-9)22(18,19)12-5-3-11(4-6-12)21-13(14,15)16/h3-6,9-10H,7-8H2,1-2H3/t9-,10+. The monoisotopic (exact) mass is 339 g/mol. The lowest BCUT2D eigenvalue weighted by molar-refractivity contribution is -0.274. The minimum Gasteiger partial charge on any atom is -0.406 e. The Morgan fingerprint density at radius 3 is 2.09 bits per heavy atom. The molecule has 1 aliphatic heterocycles. The largest absolute Gasteiger partial charge is 0.573 e. The van der Waals surface area contributed by atoms with E-state index in [1.54, 1.807) is 13.8 Å². The molecule has 2 rings (SSSR count). The lowest BCUT2D eigenvalue weighted by atomic mass is 10.3. The van der Waals surface area contributed by atoms with Crippen LogP contribution < -0.4 is 4.74 Å². The van der Waals surface area contributed by atoms with Crippen molar-refractivity contribution in [3.8, 4) is 5.75 Å². The van der Waals surface area contributed by atoms with Crippen LogP contribution in [0.25, 0.3) is 0 Å². The summed E-state index contributed by atoms with van der Waals surface area (Å²) in [6, 6.07) is 4.16. The van der Waals surface area contributed by atoms with Crippen LogP contribution >= 0.6 is 0 Å². The first kappa shape index (κ1) is 17.0. The van der Waals surface area contributed by atoms with E-state index in [1.807, 2.05) is 0 Å². The highest BCUT2D eigenvalue weighted by atomic mass is 32.2. The molecule has 1 heterocycles. The van der Waals surface area contributed by atoms with Gasteiger partial charge in [-0.05, 0) is 38.1 Å². The molecule has 124 valence electrons. The van der Waals surface area contributed by atoms with E-state index in [1.165, 1.54) is 4.31 Å². The fraction of sp³-hybridized carbons (Fsp3) is 0.538. The Balaban J connectivity index is 2.19. The summed E-state index contributed by atoms with van der Waals surface area (Å²) < 4.78 is 71.7. The molecule has 0 unspecified atom stereocenters. The average molecular weight is 339 g/mol. The predicted molar refractivity (Wildman–Crippen MR) is 71.9 cm³/mol. The number of sulfonamides is 1. The van der Waals surface area contributed by atoms with Crippen LogP contribution in [0.3, 0.4) is 0 Å². The van der Waals surface area contributed by atoms with Crippen LogP contribution in [0.15, 0.2) is 29.2 Å². The zero-order valence-corrected chi connectivity index (χ0v) is 12.8. The number of hydrogen-bond acceptors (Lipinski definition) is 4. The third-order valence-electron chi connectivity index (χ3n) is 3.08. The van der Waals surface area contributed by atoms with E-state index in [2.05, 4.69) is 4.74 Å². The summed E-state index contributed by atoms with van der Waals surface area (Å²) in [5.74, 6) is -0.463. The molecule has 22 heavy (non-hydrogen) atoms. The summed E-state index contributed by atoms with van der Waals surface area (Å²) in [7, 11) is -3.77. The lowest BCUT2D eigenvalue weighted by Crippen LogP contribution is -2.48. The maximum absolute atomic E-state index is 12.5. The van der Waals surface area contributed by atoms with Gasteiger partial charge in [-0.3, -0.25) is 0 Å². The summed E-state index contributed by atoms with van der Waals surface area (Å²) in [5, 5.41) is 0. The molecule has 1 aliphatic rings. The molecular weight excluding hydrogens is 323 g/mol. The molecule has 1 aromatic carbocycles. The quantitative estimate of drug-likeness (QED) is 0.848. The Bertz CT molecular complexity index is 605. The first-order valence-corrected chi connectivity index (χ1v) is 8.03. The second kappa shape index (κ2) is 6.05. The Hall–Kier alpha value is -1.32. The molecule has 0 bridgehead atoms. The molecular formula is C13H16F3NO4S. The summed E-state index contributed by atoms with van der Waals surface area (Å²) in [6.07, 6.45) is -5.30. The van der Waals surface area contributed by atoms with Gasteiger partial charge >= 0.3 is 6.36 Å². The molecule has 9 heteroatoms. The molecule has 1 aromatic rings. The van der Waals surface area contributed by atoms with Gasteiger partial charge in [-0.2, -0.15) is 4.31 Å². The summed E-state index contributed by atoms with van der Waals surface area (Å²) in [5.41, 5.74) is 0. The molecule has 0 radical (unpaired) electrons. The highest BCUT2D eigenvalue weighted by molar-refractivity contribution is 7.89. The zero-order chi connectivity index (χ0) is 16.5. The Labute approximate surface area is 126 Å². The normalized spacial score (nSPS) is 24.2. The zero-order valence-electron chi connectivity index (χ0n) is 12.0. The maximum Gasteiger partial charge on any atom is 0.573 e. The second-order valence-electron chi connectivity index (χ2n) is 5.10. The number of morpholine rings is 1. The van der Waals surface area contributed by atoms with Crippen LogP contribution in [0.2, 0.25) is 0 Å². The average Bonchev–Trinajstić information content (AvgIpc) is 2.36. The molecule has 0 amide bonds. The predicted octanol–water partition coefficient (Wildman–Crippen LogP) is 2.38. The number of halogens is 3. The molecule has 2 atom stereocenters. The van der Waals surface area contributed by atoms with E-state index in [4.69, 9.17) is 4.74 Å². The van der Waals surface area contributed by atoms with Crippen LogP contribution in [0, 0.1) is 0 Å². The van der Waals surface area contributed by atoms with Crippen LogP contribution in [0.4, 0.5) is 13.2 Å². The van der Waals surface area contributed by atoms with Crippen molar-refractivity contribution < 1.29 is 31.1 Å². The van der Waals surface area contributed by atoms with Crippen LogP contribution in [0.5, 0.6) is 5.75 Å². The van der Waals surface area contributed by atoms with Crippen molar-refractivity contribution in [2.75, 3.05) is 13.1 Å². The van der Waals surface area contributed by atoms with E-state index < -0.39 is 22.1 Å². The van der Waals surface area contributed by atoms with Crippen molar-refractivity contribution in [3.05, 3.63) is 24.3 Å². The number of ether oxygens (including phenoxy) is 2. The number of hydrogen-bond donors (Lipinski definition) is 0. The highest BCUT2D eigenvalue weighted by Gasteiger charge is 2.33. The van der Waals surface area contributed by atoms with E-state index in [0.29, 0.717) is 0 Å². The summed E-state index contributed by atoms with van der Waals surface area (Å²) in [4.78, 5) is -0.0803. The molecule has 5 nitrogen and oxygen atoms in total. The highest BCUT2D eigenvalue weighted by Crippen LogP contribution is 2.26. The van der Waals surface area contributed by atoms with Crippen molar-refractivity contribution in [1.82, 2.24) is 4.31 Å². The molecule has 0 spiro atoms. The second-order valence-corrected chi connectivity index (χ2v) is 7.04.